The molecule has 0 saturated carbocycles. The Bertz CT molecular complexity index is 1130. The van der Waals surface area contributed by atoms with Crippen LogP contribution in [-0.4, -0.2) is 25.0 Å². The summed E-state index contributed by atoms with van der Waals surface area (Å²) in [5, 5.41) is 6.04. The number of hydrogen-bond donors (Lipinski definition) is 2. The van der Waals surface area contributed by atoms with Crippen molar-refractivity contribution in [1.29, 1.82) is 0 Å². The van der Waals surface area contributed by atoms with Crippen LogP contribution in [0.3, 0.4) is 0 Å². The van der Waals surface area contributed by atoms with Crippen LogP contribution in [0.25, 0.3) is 11.0 Å². The fraction of sp³-hybridized carbons (Fsp3) is 0.227. The molecule has 30 heavy (non-hydrogen) atoms. The highest BCUT2D eigenvalue weighted by Gasteiger charge is 2.10. The van der Waals surface area contributed by atoms with Gasteiger partial charge in [-0.15, -0.1) is 0 Å². The van der Waals surface area contributed by atoms with Crippen molar-refractivity contribution in [3.63, 3.8) is 0 Å². The van der Waals surface area contributed by atoms with Crippen molar-refractivity contribution < 1.29 is 18.7 Å². The van der Waals surface area contributed by atoms with Gasteiger partial charge in [0.1, 0.15) is 11.3 Å². The molecule has 0 radical (unpaired) electrons. The third-order valence-electron chi connectivity index (χ3n) is 4.28. The Morgan fingerprint density at radius 1 is 1.10 bits per heavy atom. The van der Waals surface area contributed by atoms with Gasteiger partial charge in [-0.1, -0.05) is 25.5 Å². The Morgan fingerprint density at radius 2 is 1.90 bits per heavy atom. The van der Waals surface area contributed by atoms with Crippen molar-refractivity contribution >= 4 is 44.4 Å². The van der Waals surface area contributed by atoms with E-state index < -0.39 is 11.5 Å². The van der Waals surface area contributed by atoms with Gasteiger partial charge in [-0.2, -0.15) is 0 Å². The Hall–Kier alpha value is -3.13. The van der Waals surface area contributed by atoms with Crippen LogP contribution in [-0.2, 0) is 16.0 Å². The fourth-order valence-corrected chi connectivity index (χ4v) is 3.30. The van der Waals surface area contributed by atoms with E-state index in [-0.39, 0.29) is 19.1 Å². The molecular formula is C22H21BrN2O5. The molecule has 0 atom stereocenters. The van der Waals surface area contributed by atoms with Crippen LogP contribution in [0.2, 0.25) is 0 Å². The molecule has 0 aliphatic heterocycles. The van der Waals surface area contributed by atoms with Crippen molar-refractivity contribution in [3.8, 4) is 5.75 Å². The number of para-hydroxylation sites is 1. The molecule has 2 aromatic carbocycles. The van der Waals surface area contributed by atoms with Crippen LogP contribution in [0.1, 0.15) is 18.9 Å². The lowest BCUT2D eigenvalue weighted by molar-refractivity contribution is -0.125. The predicted octanol–water partition coefficient (Wildman–Crippen LogP) is 3.64. The van der Waals surface area contributed by atoms with Crippen molar-refractivity contribution in [1.82, 2.24) is 5.32 Å². The van der Waals surface area contributed by atoms with Gasteiger partial charge in [-0.05, 0) is 52.2 Å². The molecule has 0 saturated heterocycles. The summed E-state index contributed by atoms with van der Waals surface area (Å²) in [6, 6.07) is 13.8. The van der Waals surface area contributed by atoms with E-state index in [4.69, 9.17) is 9.15 Å². The van der Waals surface area contributed by atoms with Crippen LogP contribution in [0.15, 0.2) is 62.2 Å². The monoisotopic (exact) mass is 472 g/mol. The van der Waals surface area contributed by atoms with Gasteiger partial charge >= 0.3 is 5.63 Å². The first-order chi connectivity index (χ1) is 14.5. The summed E-state index contributed by atoms with van der Waals surface area (Å²) >= 11 is 3.34. The third kappa shape index (κ3) is 5.70. The first kappa shape index (κ1) is 21.6. The van der Waals surface area contributed by atoms with Gasteiger partial charge in [-0.25, -0.2) is 4.79 Å². The molecule has 1 aromatic heterocycles. The number of fused-ring (bicyclic) bond motifs is 1. The normalized spacial score (nSPS) is 10.6. The second-order valence-corrected chi connectivity index (χ2v) is 7.45. The van der Waals surface area contributed by atoms with Crippen molar-refractivity contribution in [3.05, 3.63) is 69.0 Å². The minimum atomic E-state index is -0.446. The highest BCUT2D eigenvalue weighted by Crippen LogP contribution is 2.23. The number of hydrogen-bond acceptors (Lipinski definition) is 5. The molecule has 0 spiro atoms. The van der Waals surface area contributed by atoms with E-state index in [1.807, 2.05) is 19.1 Å². The molecule has 7 nitrogen and oxygen atoms in total. The van der Waals surface area contributed by atoms with E-state index in [9.17, 15) is 14.4 Å². The molecule has 2 N–H and O–H groups in total. The number of amides is 2. The van der Waals surface area contributed by atoms with Crippen LogP contribution in [0, 0.1) is 0 Å². The van der Waals surface area contributed by atoms with Gasteiger partial charge < -0.3 is 19.8 Å². The average molecular weight is 473 g/mol. The average Bonchev–Trinajstić information content (AvgIpc) is 2.72. The number of ether oxygens (including phenoxy) is 1. The SMILES string of the molecule is CCCc1cc(=O)oc2cc(OCC(=O)NCC(=O)Nc3ccccc3Br)ccc12. The van der Waals surface area contributed by atoms with E-state index >= 15 is 0 Å². The molecule has 0 fully saturated rings. The second-order valence-electron chi connectivity index (χ2n) is 6.59. The summed E-state index contributed by atoms with van der Waals surface area (Å²) in [6.45, 7) is 1.58. The van der Waals surface area contributed by atoms with Crippen molar-refractivity contribution in [2.75, 3.05) is 18.5 Å². The van der Waals surface area contributed by atoms with E-state index in [2.05, 4.69) is 26.6 Å². The smallest absolute Gasteiger partial charge is 0.336 e. The number of aryl methyl sites for hydroxylation is 1. The summed E-state index contributed by atoms with van der Waals surface area (Å²) in [5.41, 5.74) is 1.53. The van der Waals surface area contributed by atoms with Crippen LogP contribution in [0.5, 0.6) is 5.75 Å². The van der Waals surface area contributed by atoms with E-state index in [0.717, 1.165) is 28.3 Å². The molecular weight excluding hydrogens is 452 g/mol. The lowest BCUT2D eigenvalue weighted by atomic mass is 10.1. The molecule has 156 valence electrons. The zero-order chi connectivity index (χ0) is 21.5. The van der Waals surface area contributed by atoms with Gasteiger partial charge in [-0.3, -0.25) is 9.59 Å². The Balaban J connectivity index is 1.54. The summed E-state index contributed by atoms with van der Waals surface area (Å²) in [6.07, 6.45) is 1.68. The summed E-state index contributed by atoms with van der Waals surface area (Å²) in [5.74, 6) is -0.406. The van der Waals surface area contributed by atoms with Gasteiger partial charge in [0, 0.05) is 22.0 Å². The Morgan fingerprint density at radius 3 is 2.67 bits per heavy atom. The quantitative estimate of drug-likeness (QED) is 0.487. The highest BCUT2D eigenvalue weighted by atomic mass is 79.9. The largest absolute Gasteiger partial charge is 0.484 e. The zero-order valence-corrected chi connectivity index (χ0v) is 18.0. The predicted molar refractivity (Wildman–Crippen MR) is 118 cm³/mol. The molecule has 0 unspecified atom stereocenters. The van der Waals surface area contributed by atoms with E-state index in [1.165, 1.54) is 6.07 Å². The van der Waals surface area contributed by atoms with Crippen molar-refractivity contribution in [2.45, 2.75) is 19.8 Å². The molecule has 8 heteroatoms. The lowest BCUT2D eigenvalue weighted by Crippen LogP contribution is -2.35. The van der Waals surface area contributed by atoms with Crippen LogP contribution >= 0.6 is 15.9 Å². The fourth-order valence-electron chi connectivity index (χ4n) is 2.91. The first-order valence-electron chi connectivity index (χ1n) is 9.47. The summed E-state index contributed by atoms with van der Waals surface area (Å²) < 4.78 is 11.5. The Labute approximate surface area is 181 Å². The van der Waals surface area contributed by atoms with Gasteiger partial charge in [0.15, 0.2) is 6.61 Å². The summed E-state index contributed by atoms with van der Waals surface area (Å²) in [4.78, 5) is 35.7. The molecule has 2 amide bonds. The maximum Gasteiger partial charge on any atom is 0.336 e. The van der Waals surface area contributed by atoms with E-state index in [0.29, 0.717) is 17.0 Å². The van der Waals surface area contributed by atoms with Gasteiger partial charge in [0.2, 0.25) is 5.91 Å². The zero-order valence-electron chi connectivity index (χ0n) is 16.4. The minimum absolute atomic E-state index is 0.184. The molecule has 0 aliphatic rings. The highest BCUT2D eigenvalue weighted by molar-refractivity contribution is 9.10. The minimum Gasteiger partial charge on any atom is -0.484 e. The number of halogens is 1. The standard InChI is InChI=1S/C22H21BrN2O5/c1-2-5-14-10-22(28)30-19-11-15(8-9-16(14)19)29-13-21(27)24-12-20(26)25-18-7-4-3-6-17(18)23/h3-4,6-11H,2,5,12-13H2,1H3,(H,24,27)(H,25,26). The Kier molecular flexibility index (Phi) is 7.24. The van der Waals surface area contributed by atoms with Crippen LogP contribution < -0.4 is 21.0 Å². The molecule has 1 heterocycles. The molecule has 0 bridgehead atoms. The number of nitrogens with one attached hydrogen (secondary N) is 2. The number of carbonyl (C=O) groups excluding carboxylic acids is 2. The third-order valence-corrected chi connectivity index (χ3v) is 4.98. The molecule has 3 rings (SSSR count). The first-order valence-corrected chi connectivity index (χ1v) is 10.3. The van der Waals surface area contributed by atoms with E-state index in [1.54, 1.807) is 30.3 Å². The number of benzene rings is 2. The topological polar surface area (TPSA) is 97.6 Å². The number of rotatable bonds is 8. The maximum atomic E-state index is 12.0. The molecule has 3 aromatic rings. The van der Waals surface area contributed by atoms with Crippen LogP contribution in [0.4, 0.5) is 5.69 Å². The number of anilines is 1. The van der Waals surface area contributed by atoms with Gasteiger partial charge in [0.05, 0.1) is 12.2 Å². The second kappa shape index (κ2) is 10.1. The summed E-state index contributed by atoms with van der Waals surface area (Å²) in [7, 11) is 0. The number of carbonyl (C=O) groups is 2. The lowest BCUT2D eigenvalue weighted by Gasteiger charge is -2.10. The maximum absolute atomic E-state index is 12.0. The van der Waals surface area contributed by atoms with Crippen molar-refractivity contribution in [2.24, 2.45) is 0 Å². The molecule has 0 aliphatic carbocycles. The van der Waals surface area contributed by atoms with Gasteiger partial charge in [0.25, 0.3) is 5.91 Å².